The van der Waals surface area contributed by atoms with Gasteiger partial charge in [0.15, 0.2) is 12.5 Å². The van der Waals surface area contributed by atoms with Crippen molar-refractivity contribution in [1.82, 2.24) is 24.1 Å². The van der Waals surface area contributed by atoms with Crippen LogP contribution in [0.25, 0.3) is 66.3 Å². The number of nitrogens with zero attached hydrogens (tertiary/aromatic N) is 5. The predicted octanol–water partition coefficient (Wildman–Crippen LogP) is 8.23. The van der Waals surface area contributed by atoms with Gasteiger partial charge in [-0.25, -0.2) is 4.98 Å². The molecule has 7 heteroatoms. The Bertz CT molecular complexity index is 2980. The van der Waals surface area contributed by atoms with Crippen molar-refractivity contribution in [1.29, 1.82) is 0 Å². The minimum Gasteiger partial charge on any atom is -0.319 e. The standard InChI is InChI=1S/C46H32BN5.Pt/c1-29-25-30(2)44(31(3)26-29)46-50-49-45-39-27-33(20-22-35(39)36-15-7-10-18-41(36)52(45)46)47(32-13-5-4-6-14-32)34-21-23-38-37-16-8-9-17-40(37)51(42(38)28-34)43-19-11-12-24-48-43;/h4-26H,1-3H3;/q-2;+2. The monoisotopic (exact) mass is 860 g/mol. The first-order valence-corrected chi connectivity index (χ1v) is 17.7. The predicted molar refractivity (Wildman–Crippen MR) is 215 cm³/mol. The van der Waals surface area contributed by atoms with Crippen molar-refractivity contribution in [3.8, 4) is 17.2 Å². The molecular weight excluding hydrogens is 828 g/mol. The van der Waals surface area contributed by atoms with Gasteiger partial charge in [0.1, 0.15) is 5.82 Å². The van der Waals surface area contributed by atoms with Gasteiger partial charge >= 0.3 is 21.1 Å². The normalized spacial score (nSPS) is 11.5. The first kappa shape index (κ1) is 33.0. The summed E-state index contributed by atoms with van der Waals surface area (Å²) in [5.41, 5.74) is 12.0. The summed E-state index contributed by atoms with van der Waals surface area (Å²) < 4.78 is 4.45. The van der Waals surface area contributed by atoms with E-state index in [1.807, 2.05) is 18.3 Å². The Hall–Kier alpha value is -5.84. The first-order valence-electron chi connectivity index (χ1n) is 17.7. The Labute approximate surface area is 322 Å². The minimum atomic E-state index is -0.138. The zero-order valence-corrected chi connectivity index (χ0v) is 31.7. The van der Waals surface area contributed by atoms with Crippen molar-refractivity contribution < 1.29 is 21.1 Å². The number of benzene rings is 6. The van der Waals surface area contributed by atoms with Crippen molar-refractivity contribution in [3.63, 3.8) is 0 Å². The summed E-state index contributed by atoms with van der Waals surface area (Å²) in [6.07, 6.45) is 1.85. The molecule has 5 nitrogen and oxygen atoms in total. The number of para-hydroxylation sites is 2. The first-order chi connectivity index (χ1) is 25.5. The van der Waals surface area contributed by atoms with Gasteiger partial charge < -0.3 is 8.97 Å². The molecule has 4 aromatic heterocycles. The number of rotatable bonds is 5. The quantitative estimate of drug-likeness (QED) is 0.0997. The van der Waals surface area contributed by atoms with Gasteiger partial charge in [-0.1, -0.05) is 112 Å². The molecule has 0 spiro atoms. The third-order valence-electron chi connectivity index (χ3n) is 10.4. The summed E-state index contributed by atoms with van der Waals surface area (Å²) in [5, 5.41) is 15.3. The van der Waals surface area contributed by atoms with Crippen LogP contribution in [0.1, 0.15) is 16.7 Å². The molecular formula is C46H32BN5Pt. The molecule has 0 fully saturated rings. The summed E-state index contributed by atoms with van der Waals surface area (Å²) in [7, 11) is 0. The van der Waals surface area contributed by atoms with E-state index in [0.29, 0.717) is 0 Å². The van der Waals surface area contributed by atoms with Crippen LogP contribution in [0.5, 0.6) is 0 Å². The second kappa shape index (κ2) is 13.0. The Morgan fingerprint density at radius 3 is 1.96 bits per heavy atom. The van der Waals surface area contributed by atoms with E-state index in [1.165, 1.54) is 27.5 Å². The van der Waals surface area contributed by atoms with Gasteiger partial charge in [-0.2, -0.15) is 34.2 Å². The molecule has 0 aliphatic heterocycles. The van der Waals surface area contributed by atoms with E-state index in [0.717, 1.165) is 71.9 Å². The third-order valence-corrected chi connectivity index (χ3v) is 10.4. The second-order valence-electron chi connectivity index (χ2n) is 13.7. The molecule has 4 heterocycles. The number of aromatic nitrogens is 5. The Balaban J connectivity index is 0.00000372. The molecule has 6 aromatic carbocycles. The van der Waals surface area contributed by atoms with Crippen LogP contribution < -0.4 is 16.4 Å². The van der Waals surface area contributed by atoms with Crippen LogP contribution in [0.15, 0.2) is 140 Å². The fourth-order valence-corrected chi connectivity index (χ4v) is 8.32. The molecule has 0 atom stereocenters. The molecule has 0 unspecified atom stereocenters. The molecule has 0 aliphatic rings. The van der Waals surface area contributed by atoms with Crippen LogP contribution in [0.2, 0.25) is 0 Å². The summed E-state index contributed by atoms with van der Waals surface area (Å²) >= 11 is 0. The number of pyridine rings is 2. The number of hydrogen-bond donors (Lipinski definition) is 0. The van der Waals surface area contributed by atoms with Crippen LogP contribution >= 0.6 is 0 Å². The Morgan fingerprint density at radius 1 is 0.585 bits per heavy atom. The van der Waals surface area contributed by atoms with Gasteiger partial charge in [-0.15, -0.1) is 28.7 Å². The molecule has 0 saturated carbocycles. The van der Waals surface area contributed by atoms with E-state index in [4.69, 9.17) is 15.2 Å². The molecule has 254 valence electrons. The van der Waals surface area contributed by atoms with E-state index in [9.17, 15) is 0 Å². The van der Waals surface area contributed by atoms with E-state index in [2.05, 4.69) is 163 Å². The zero-order valence-electron chi connectivity index (χ0n) is 29.4. The van der Waals surface area contributed by atoms with Crippen molar-refractivity contribution in [2.45, 2.75) is 20.8 Å². The van der Waals surface area contributed by atoms with Crippen LogP contribution in [0.3, 0.4) is 0 Å². The van der Waals surface area contributed by atoms with Gasteiger partial charge in [0.25, 0.3) is 0 Å². The summed E-state index contributed by atoms with van der Waals surface area (Å²) in [6.45, 7) is 6.33. The molecule has 53 heavy (non-hydrogen) atoms. The third kappa shape index (κ3) is 5.23. The second-order valence-corrected chi connectivity index (χ2v) is 13.7. The summed E-state index contributed by atoms with van der Waals surface area (Å²) in [6, 6.07) is 55.0. The maximum absolute atomic E-state index is 4.90. The SMILES string of the molecule is Cc1cc(C)c(-c2nnc3c4[c-]c(B(c5[c-]c6c(cc5)c5ccccc5n6-c5ccccn5)c5ccccc5)ccc4c4ccccc4n23)c(C)c1.[Pt+2]. The van der Waals surface area contributed by atoms with Crippen LogP contribution in [-0.4, -0.2) is 30.9 Å². The smallest absolute Gasteiger partial charge is 0.319 e. The summed E-state index contributed by atoms with van der Waals surface area (Å²) in [5.74, 6) is 1.72. The topological polar surface area (TPSA) is 48.0 Å². The van der Waals surface area contributed by atoms with Gasteiger partial charge in [0.2, 0.25) is 0 Å². The van der Waals surface area contributed by atoms with Crippen molar-refractivity contribution in [2.24, 2.45) is 0 Å². The fraction of sp³-hybridized carbons (Fsp3) is 0.0652. The van der Waals surface area contributed by atoms with E-state index >= 15 is 0 Å². The van der Waals surface area contributed by atoms with Crippen LogP contribution in [0.4, 0.5) is 0 Å². The molecule has 10 rings (SSSR count). The largest absolute Gasteiger partial charge is 2.00 e. The van der Waals surface area contributed by atoms with Gasteiger partial charge in [-0.3, -0.25) is 0 Å². The fourth-order valence-electron chi connectivity index (χ4n) is 8.32. The average molecular weight is 861 g/mol. The maximum atomic E-state index is 4.90. The van der Waals surface area contributed by atoms with Gasteiger partial charge in [0.05, 0.1) is 5.65 Å². The molecule has 10 aromatic rings. The molecule has 0 saturated heterocycles. The molecule has 0 amide bonds. The van der Waals surface area contributed by atoms with E-state index in [1.54, 1.807) is 0 Å². The van der Waals surface area contributed by atoms with E-state index < -0.39 is 0 Å². The maximum Gasteiger partial charge on any atom is 2.00 e. The average Bonchev–Trinajstić information content (AvgIpc) is 3.75. The number of fused-ring (bicyclic) bond motifs is 9. The number of hydrogen-bond acceptors (Lipinski definition) is 3. The Kier molecular flexibility index (Phi) is 8.09. The number of aryl methyl sites for hydroxylation is 3. The molecule has 0 N–H and O–H groups in total. The molecule has 0 aliphatic carbocycles. The van der Waals surface area contributed by atoms with Crippen LogP contribution in [-0.2, 0) is 21.1 Å². The van der Waals surface area contributed by atoms with Gasteiger partial charge in [0, 0.05) is 22.8 Å². The minimum absolute atomic E-state index is 0. The van der Waals surface area contributed by atoms with Crippen molar-refractivity contribution >= 4 is 72.2 Å². The van der Waals surface area contributed by atoms with Crippen molar-refractivity contribution in [3.05, 3.63) is 168 Å². The molecule has 0 bridgehead atoms. The Morgan fingerprint density at radius 2 is 1.23 bits per heavy atom. The summed E-state index contributed by atoms with van der Waals surface area (Å²) in [4.78, 5) is 4.76. The zero-order chi connectivity index (χ0) is 34.9. The van der Waals surface area contributed by atoms with E-state index in [-0.39, 0.29) is 27.8 Å². The van der Waals surface area contributed by atoms with Crippen molar-refractivity contribution in [2.75, 3.05) is 0 Å². The van der Waals surface area contributed by atoms with Crippen LogP contribution in [0, 0.1) is 32.9 Å². The molecule has 0 radical (unpaired) electrons. The van der Waals surface area contributed by atoms with Gasteiger partial charge in [-0.05, 0) is 66.9 Å².